The third-order valence-corrected chi connectivity index (χ3v) is 7.50. The highest BCUT2D eigenvalue weighted by atomic mass is 32.1. The van der Waals surface area contributed by atoms with E-state index in [0.29, 0.717) is 37.5 Å². The van der Waals surface area contributed by atoms with E-state index in [1.165, 1.54) is 22.3 Å². The average molecular weight is 388 g/mol. The van der Waals surface area contributed by atoms with E-state index in [0.717, 1.165) is 41.0 Å². The maximum absolute atomic E-state index is 13.2. The molecule has 0 atom stereocenters. The van der Waals surface area contributed by atoms with Gasteiger partial charge in [-0.25, -0.2) is 9.59 Å². The van der Waals surface area contributed by atoms with Gasteiger partial charge in [0.2, 0.25) is 0 Å². The van der Waals surface area contributed by atoms with Gasteiger partial charge in [-0.3, -0.25) is 13.9 Å². The highest BCUT2D eigenvalue weighted by Crippen LogP contribution is 2.36. The van der Waals surface area contributed by atoms with E-state index in [4.69, 9.17) is 0 Å². The monoisotopic (exact) mass is 388 g/mol. The molecule has 0 bridgehead atoms. The molecule has 0 aromatic carbocycles. The molecule has 3 heterocycles. The lowest BCUT2D eigenvalue weighted by molar-refractivity contribution is 0.216. The number of amides is 2. The fourth-order valence-corrected chi connectivity index (χ4v) is 5.46. The Kier molecular flexibility index (Phi) is 3.93. The summed E-state index contributed by atoms with van der Waals surface area (Å²) in [5.41, 5.74) is 0.637. The van der Waals surface area contributed by atoms with Gasteiger partial charge in [0.05, 0.1) is 11.9 Å². The van der Waals surface area contributed by atoms with E-state index in [1.807, 2.05) is 11.5 Å². The number of carbonyl (C=O) groups excluding carboxylic acids is 1. The van der Waals surface area contributed by atoms with Gasteiger partial charge in [-0.2, -0.15) is 0 Å². The molecule has 2 aliphatic carbocycles. The van der Waals surface area contributed by atoms with Gasteiger partial charge in [0, 0.05) is 30.6 Å². The molecule has 0 radical (unpaired) electrons. The molecule has 2 amide bonds. The van der Waals surface area contributed by atoms with Crippen molar-refractivity contribution in [1.82, 2.24) is 19.4 Å². The van der Waals surface area contributed by atoms with Crippen LogP contribution in [0.3, 0.4) is 0 Å². The smallest absolute Gasteiger partial charge is 0.332 e. The minimum atomic E-state index is -0.145. The van der Waals surface area contributed by atoms with Crippen LogP contribution in [0.4, 0.5) is 4.79 Å². The summed E-state index contributed by atoms with van der Waals surface area (Å²) < 4.78 is 3.34. The van der Waals surface area contributed by atoms with Crippen molar-refractivity contribution in [2.75, 3.05) is 13.1 Å². The van der Waals surface area contributed by atoms with E-state index >= 15 is 0 Å². The number of nitrogens with one attached hydrogen (secondary N) is 1. The molecule has 0 unspecified atom stereocenters. The van der Waals surface area contributed by atoms with Crippen molar-refractivity contribution in [2.24, 2.45) is 5.92 Å². The Morgan fingerprint density at radius 1 is 1.15 bits per heavy atom. The van der Waals surface area contributed by atoms with Crippen LogP contribution in [0.25, 0.3) is 10.2 Å². The van der Waals surface area contributed by atoms with Crippen molar-refractivity contribution in [3.8, 4) is 0 Å². The van der Waals surface area contributed by atoms with Crippen molar-refractivity contribution in [3.05, 3.63) is 31.3 Å². The highest BCUT2D eigenvalue weighted by molar-refractivity contribution is 7.18. The van der Waals surface area contributed by atoms with Gasteiger partial charge in [0.1, 0.15) is 4.83 Å². The van der Waals surface area contributed by atoms with Crippen LogP contribution < -0.4 is 16.6 Å². The van der Waals surface area contributed by atoms with Crippen LogP contribution in [0.15, 0.2) is 9.59 Å². The third kappa shape index (κ3) is 2.72. The molecule has 1 aliphatic heterocycles. The van der Waals surface area contributed by atoms with Gasteiger partial charge >= 0.3 is 11.7 Å². The highest BCUT2D eigenvalue weighted by Gasteiger charge is 2.32. The molecule has 2 saturated carbocycles. The Morgan fingerprint density at radius 3 is 2.52 bits per heavy atom. The number of nitrogens with zero attached hydrogens (tertiary/aromatic N) is 3. The minimum Gasteiger partial charge on any atom is -0.336 e. The minimum absolute atomic E-state index is 0.0610. The molecule has 27 heavy (non-hydrogen) atoms. The zero-order valence-electron chi connectivity index (χ0n) is 15.5. The molecule has 2 aromatic heterocycles. The summed E-state index contributed by atoms with van der Waals surface area (Å²) in [7, 11) is 0. The number of urea groups is 1. The lowest BCUT2D eigenvalue weighted by Crippen LogP contribution is -2.40. The zero-order chi connectivity index (χ0) is 18.7. The van der Waals surface area contributed by atoms with E-state index in [2.05, 4.69) is 5.32 Å². The van der Waals surface area contributed by atoms with Crippen LogP contribution in [-0.2, 0) is 13.1 Å². The Bertz CT molecular complexity index is 1040. The van der Waals surface area contributed by atoms with Crippen molar-refractivity contribution in [2.45, 2.75) is 58.2 Å². The number of rotatable bonds is 5. The van der Waals surface area contributed by atoms with Crippen LogP contribution in [-0.4, -0.2) is 33.2 Å². The standard InChI is InChI=1S/C19H24N4O3S/c1-11-14(10-21-8-7-20-18(21)25)27-17-15(11)16(24)23(13-5-6-13)19(26)22(17)9-12-3-2-4-12/h12-13H,2-10H2,1H3,(H,20,25). The average Bonchev–Trinajstić information content (AvgIpc) is 3.26. The summed E-state index contributed by atoms with van der Waals surface area (Å²) in [6, 6.07) is 0.00302. The Balaban J connectivity index is 1.66. The molecular weight excluding hydrogens is 364 g/mol. The molecule has 0 spiro atoms. The van der Waals surface area contributed by atoms with Crippen molar-refractivity contribution in [3.63, 3.8) is 0 Å². The fraction of sp³-hybridized carbons (Fsp3) is 0.632. The number of aromatic nitrogens is 2. The first-order chi connectivity index (χ1) is 13.0. The van der Waals surface area contributed by atoms with Gasteiger partial charge in [-0.1, -0.05) is 6.42 Å². The molecule has 7 nitrogen and oxygen atoms in total. The first-order valence-electron chi connectivity index (χ1n) is 9.84. The number of hydrogen-bond acceptors (Lipinski definition) is 4. The van der Waals surface area contributed by atoms with Gasteiger partial charge in [-0.05, 0) is 44.1 Å². The molecule has 5 rings (SSSR count). The van der Waals surface area contributed by atoms with Crippen molar-refractivity contribution in [1.29, 1.82) is 0 Å². The SMILES string of the molecule is Cc1c(CN2CCNC2=O)sc2c1c(=O)n(C1CC1)c(=O)n2CC1CCC1. The fourth-order valence-electron chi connectivity index (χ4n) is 4.15. The van der Waals surface area contributed by atoms with Crippen LogP contribution in [0.1, 0.15) is 48.6 Å². The first kappa shape index (κ1) is 17.0. The maximum Gasteiger partial charge on any atom is 0.332 e. The third-order valence-electron chi connectivity index (χ3n) is 6.20. The molecule has 2 aromatic rings. The number of carbonyl (C=O) groups is 1. The number of hydrogen-bond donors (Lipinski definition) is 1. The lowest BCUT2D eigenvalue weighted by atomic mass is 9.85. The van der Waals surface area contributed by atoms with Crippen LogP contribution in [0.5, 0.6) is 0 Å². The van der Waals surface area contributed by atoms with E-state index in [1.54, 1.807) is 4.90 Å². The van der Waals surface area contributed by atoms with Crippen molar-refractivity contribution >= 4 is 27.6 Å². The summed E-state index contributed by atoms with van der Waals surface area (Å²) in [5.74, 6) is 0.534. The summed E-state index contributed by atoms with van der Waals surface area (Å²) in [4.78, 5) is 41.8. The molecule has 8 heteroatoms. The summed E-state index contributed by atoms with van der Waals surface area (Å²) in [6.07, 6.45) is 5.36. The molecule has 1 N–H and O–H groups in total. The molecule has 144 valence electrons. The van der Waals surface area contributed by atoms with Gasteiger partial charge in [-0.15, -0.1) is 11.3 Å². The van der Waals surface area contributed by atoms with Crippen LogP contribution >= 0.6 is 11.3 Å². The molecule has 3 fully saturated rings. The number of fused-ring (bicyclic) bond motifs is 1. The van der Waals surface area contributed by atoms with E-state index in [-0.39, 0.29) is 23.3 Å². The van der Waals surface area contributed by atoms with Crippen LogP contribution in [0, 0.1) is 12.8 Å². The summed E-state index contributed by atoms with van der Waals surface area (Å²) in [5, 5.41) is 3.50. The topological polar surface area (TPSA) is 76.3 Å². The Morgan fingerprint density at radius 2 is 1.93 bits per heavy atom. The predicted molar refractivity (Wildman–Crippen MR) is 105 cm³/mol. The summed E-state index contributed by atoms with van der Waals surface area (Å²) >= 11 is 1.51. The summed E-state index contributed by atoms with van der Waals surface area (Å²) in [6.45, 7) is 4.49. The second-order valence-corrected chi connectivity index (χ2v) is 9.16. The largest absolute Gasteiger partial charge is 0.336 e. The Labute approximate surface area is 160 Å². The second kappa shape index (κ2) is 6.22. The molecule has 3 aliphatic rings. The van der Waals surface area contributed by atoms with Gasteiger partial charge in [0.15, 0.2) is 0 Å². The first-order valence-corrected chi connectivity index (χ1v) is 10.7. The maximum atomic E-state index is 13.2. The van der Waals surface area contributed by atoms with Gasteiger partial charge in [0.25, 0.3) is 5.56 Å². The lowest BCUT2D eigenvalue weighted by Gasteiger charge is -2.26. The normalized spacial score (nSPS) is 20.3. The predicted octanol–water partition coefficient (Wildman–Crippen LogP) is 2.19. The van der Waals surface area contributed by atoms with E-state index in [9.17, 15) is 14.4 Å². The number of aryl methyl sites for hydroxylation is 1. The Hall–Kier alpha value is -2.09. The molecule has 1 saturated heterocycles. The van der Waals surface area contributed by atoms with Crippen LogP contribution in [0.2, 0.25) is 0 Å². The molecular formula is C19H24N4O3S. The quantitative estimate of drug-likeness (QED) is 0.853. The van der Waals surface area contributed by atoms with Gasteiger partial charge < -0.3 is 10.2 Å². The van der Waals surface area contributed by atoms with Crippen molar-refractivity contribution < 1.29 is 4.79 Å². The number of thiophene rings is 1. The van der Waals surface area contributed by atoms with E-state index < -0.39 is 0 Å². The second-order valence-electron chi connectivity index (χ2n) is 8.08. The zero-order valence-corrected chi connectivity index (χ0v) is 16.3.